The maximum Gasteiger partial charge on any atom is 0.270 e. The number of nitrogens with one attached hydrogen (secondary N) is 1. The Hall–Kier alpha value is -3.66. The van der Waals surface area contributed by atoms with E-state index in [1.54, 1.807) is 12.1 Å². The number of anilines is 1. The minimum atomic E-state index is -0.585. The van der Waals surface area contributed by atoms with E-state index in [0.29, 0.717) is 10.2 Å². The third-order valence-electron chi connectivity index (χ3n) is 4.01. The van der Waals surface area contributed by atoms with Crippen molar-refractivity contribution in [3.63, 3.8) is 0 Å². The third kappa shape index (κ3) is 2.91. The van der Waals surface area contributed by atoms with E-state index in [1.165, 1.54) is 30.3 Å². The van der Waals surface area contributed by atoms with Crippen LogP contribution in [0.5, 0.6) is 0 Å². The number of non-ortho nitro benzene ring substituents is 1. The second kappa shape index (κ2) is 6.25. The summed E-state index contributed by atoms with van der Waals surface area (Å²) in [6.45, 7) is -0.442. The Labute approximate surface area is 155 Å². The molecule has 1 N–H and O–H groups in total. The monoisotopic (exact) mass is 382 g/mol. The number of hydrogen-bond donors (Lipinski definition) is 1. The largest absolute Gasteiger partial charge is 0.300 e. The first-order chi connectivity index (χ1) is 12.9. The van der Waals surface area contributed by atoms with Crippen molar-refractivity contribution in [2.75, 3.05) is 11.9 Å². The highest BCUT2D eigenvalue weighted by Crippen LogP contribution is 2.29. The first kappa shape index (κ1) is 16.8. The molecule has 0 aliphatic carbocycles. The summed E-state index contributed by atoms with van der Waals surface area (Å²) in [7, 11) is 0. The molecule has 3 amide bonds. The molecule has 2 heterocycles. The molecule has 0 fully saturated rings. The van der Waals surface area contributed by atoms with Crippen LogP contribution in [0.15, 0.2) is 42.5 Å². The molecule has 2 aromatic carbocycles. The zero-order chi connectivity index (χ0) is 19.1. The van der Waals surface area contributed by atoms with E-state index >= 15 is 0 Å². The van der Waals surface area contributed by atoms with Gasteiger partial charge in [-0.15, -0.1) is 0 Å². The van der Waals surface area contributed by atoms with Crippen molar-refractivity contribution in [2.24, 2.45) is 0 Å². The second-order valence-electron chi connectivity index (χ2n) is 5.72. The fraction of sp³-hybridized carbons (Fsp3) is 0.0588. The summed E-state index contributed by atoms with van der Waals surface area (Å²) in [6.07, 6.45) is 0. The summed E-state index contributed by atoms with van der Waals surface area (Å²) < 4.78 is 0.542. The van der Waals surface area contributed by atoms with Gasteiger partial charge in [-0.05, 0) is 18.2 Å². The van der Waals surface area contributed by atoms with Crippen LogP contribution < -0.4 is 5.32 Å². The Bertz CT molecular complexity index is 1100. The highest BCUT2D eigenvalue weighted by atomic mass is 32.1. The number of nitrogens with zero attached hydrogens (tertiary/aromatic N) is 3. The molecule has 27 heavy (non-hydrogen) atoms. The minimum Gasteiger partial charge on any atom is -0.300 e. The Morgan fingerprint density at radius 3 is 2.44 bits per heavy atom. The van der Waals surface area contributed by atoms with Gasteiger partial charge in [0.05, 0.1) is 26.3 Å². The van der Waals surface area contributed by atoms with Crippen LogP contribution >= 0.6 is 11.3 Å². The molecule has 1 aromatic heterocycles. The van der Waals surface area contributed by atoms with Crippen molar-refractivity contribution in [2.45, 2.75) is 0 Å². The van der Waals surface area contributed by atoms with Gasteiger partial charge in [0.2, 0.25) is 5.91 Å². The number of carbonyl (C=O) groups excluding carboxylic acids is 3. The molecule has 0 saturated heterocycles. The molecule has 0 radical (unpaired) electrons. The van der Waals surface area contributed by atoms with Gasteiger partial charge in [-0.2, -0.15) is 0 Å². The number of fused-ring (bicyclic) bond motifs is 2. The van der Waals surface area contributed by atoms with Gasteiger partial charge < -0.3 is 5.32 Å². The average molecular weight is 382 g/mol. The molecular weight excluding hydrogens is 372 g/mol. The Balaban J connectivity index is 1.50. The van der Waals surface area contributed by atoms with Crippen LogP contribution in [-0.4, -0.2) is 39.1 Å². The standard InChI is InChI=1S/C17H10N4O5S/c22-14(8-20-15(23)10-3-1-2-4-11(10)16(20)24)19-17-18-12-6-5-9(21(25)26)7-13(12)27-17/h1-7H,8H2,(H,18,19,22). The summed E-state index contributed by atoms with van der Waals surface area (Å²) in [5.41, 5.74) is 0.960. The van der Waals surface area contributed by atoms with E-state index in [1.807, 2.05) is 0 Å². The van der Waals surface area contributed by atoms with E-state index in [4.69, 9.17) is 0 Å². The van der Waals surface area contributed by atoms with Crippen molar-refractivity contribution in [3.8, 4) is 0 Å². The number of nitro benzene ring substituents is 1. The lowest BCUT2D eigenvalue weighted by atomic mass is 10.1. The van der Waals surface area contributed by atoms with Crippen LogP contribution in [0.3, 0.4) is 0 Å². The molecule has 0 unspecified atom stereocenters. The van der Waals surface area contributed by atoms with Gasteiger partial charge in [0, 0.05) is 12.1 Å². The molecule has 1 aliphatic heterocycles. The second-order valence-corrected chi connectivity index (χ2v) is 6.75. The van der Waals surface area contributed by atoms with Crippen molar-refractivity contribution >= 4 is 50.1 Å². The fourth-order valence-corrected chi connectivity index (χ4v) is 3.68. The van der Waals surface area contributed by atoms with Gasteiger partial charge in [-0.3, -0.25) is 29.4 Å². The molecule has 1 aliphatic rings. The summed E-state index contributed by atoms with van der Waals surface area (Å²) in [5.74, 6) is -1.63. The van der Waals surface area contributed by atoms with E-state index in [0.717, 1.165) is 16.2 Å². The highest BCUT2D eigenvalue weighted by Gasteiger charge is 2.36. The van der Waals surface area contributed by atoms with E-state index in [9.17, 15) is 24.5 Å². The first-order valence-electron chi connectivity index (χ1n) is 7.74. The zero-order valence-corrected chi connectivity index (χ0v) is 14.4. The maximum absolute atomic E-state index is 12.3. The number of imide groups is 1. The molecule has 9 nitrogen and oxygen atoms in total. The molecule has 3 aromatic rings. The van der Waals surface area contributed by atoms with Crippen LogP contribution in [0.1, 0.15) is 20.7 Å². The topological polar surface area (TPSA) is 123 Å². The average Bonchev–Trinajstić information content (AvgIpc) is 3.15. The van der Waals surface area contributed by atoms with Crippen molar-refractivity contribution in [1.82, 2.24) is 9.88 Å². The summed E-state index contributed by atoms with van der Waals surface area (Å²) in [5, 5.41) is 13.6. The van der Waals surface area contributed by atoms with Crippen LogP contribution in [0.25, 0.3) is 10.2 Å². The summed E-state index contributed by atoms with van der Waals surface area (Å²) in [4.78, 5) is 52.2. The van der Waals surface area contributed by atoms with Crippen LogP contribution in [0, 0.1) is 10.1 Å². The zero-order valence-electron chi connectivity index (χ0n) is 13.5. The fourth-order valence-electron chi connectivity index (χ4n) is 2.77. The predicted octanol–water partition coefficient (Wildman–Crippen LogP) is 2.44. The van der Waals surface area contributed by atoms with E-state index < -0.39 is 29.2 Å². The number of nitro groups is 1. The minimum absolute atomic E-state index is 0.0740. The van der Waals surface area contributed by atoms with Gasteiger partial charge in [0.25, 0.3) is 17.5 Å². The molecule has 0 atom stereocenters. The number of hydrogen-bond acceptors (Lipinski definition) is 7. The Morgan fingerprint density at radius 2 is 1.81 bits per heavy atom. The molecule has 134 valence electrons. The summed E-state index contributed by atoms with van der Waals surface area (Å²) >= 11 is 1.07. The number of thiazole rings is 1. The van der Waals surface area contributed by atoms with Gasteiger partial charge in [-0.1, -0.05) is 23.5 Å². The van der Waals surface area contributed by atoms with E-state index in [2.05, 4.69) is 10.3 Å². The highest BCUT2D eigenvalue weighted by molar-refractivity contribution is 7.22. The SMILES string of the molecule is O=C(CN1C(=O)c2ccccc2C1=O)Nc1nc2ccc([N+](=O)[O-])cc2s1. The molecule has 0 spiro atoms. The first-order valence-corrected chi connectivity index (χ1v) is 8.56. The maximum atomic E-state index is 12.3. The number of aromatic nitrogens is 1. The predicted molar refractivity (Wildman–Crippen MR) is 96.7 cm³/mol. The molecular formula is C17H10N4O5S. The number of amides is 3. The third-order valence-corrected chi connectivity index (χ3v) is 4.94. The normalized spacial score (nSPS) is 13.1. The van der Waals surface area contributed by atoms with Gasteiger partial charge in [0.1, 0.15) is 6.54 Å². The summed E-state index contributed by atoms with van der Waals surface area (Å²) in [6, 6.07) is 10.5. The van der Waals surface area contributed by atoms with Crippen LogP contribution in [0.4, 0.5) is 10.8 Å². The lowest BCUT2D eigenvalue weighted by Gasteiger charge is -2.12. The van der Waals surface area contributed by atoms with Crippen molar-refractivity contribution < 1.29 is 19.3 Å². The Morgan fingerprint density at radius 1 is 1.15 bits per heavy atom. The lowest BCUT2D eigenvalue weighted by Crippen LogP contribution is -2.37. The number of carbonyl (C=O) groups is 3. The van der Waals surface area contributed by atoms with E-state index in [-0.39, 0.29) is 21.9 Å². The van der Waals surface area contributed by atoms with Gasteiger partial charge in [0.15, 0.2) is 5.13 Å². The van der Waals surface area contributed by atoms with Crippen molar-refractivity contribution in [1.29, 1.82) is 0 Å². The van der Waals surface area contributed by atoms with Crippen molar-refractivity contribution in [3.05, 3.63) is 63.7 Å². The number of rotatable bonds is 4. The molecule has 0 bridgehead atoms. The van der Waals surface area contributed by atoms with Crippen LogP contribution in [0.2, 0.25) is 0 Å². The van der Waals surface area contributed by atoms with Crippen LogP contribution in [-0.2, 0) is 4.79 Å². The molecule has 10 heteroatoms. The Kier molecular flexibility index (Phi) is 3.89. The number of benzene rings is 2. The lowest BCUT2D eigenvalue weighted by molar-refractivity contribution is -0.384. The quantitative estimate of drug-likeness (QED) is 0.420. The smallest absolute Gasteiger partial charge is 0.270 e. The molecule has 4 rings (SSSR count). The van der Waals surface area contributed by atoms with Gasteiger partial charge in [-0.25, -0.2) is 4.98 Å². The molecule has 0 saturated carbocycles. The van der Waals surface area contributed by atoms with Gasteiger partial charge >= 0.3 is 0 Å².